The SMILES string of the molecule is C=CCCCCCCOc1ccc(C(=O)Oc2ccc(C(=O)OC[C@@H](C)CC)cc2)cc1. The monoisotopic (exact) mass is 438 g/mol. The van der Waals surface area contributed by atoms with E-state index in [9.17, 15) is 9.59 Å². The van der Waals surface area contributed by atoms with Crippen LogP contribution in [-0.4, -0.2) is 25.2 Å². The fourth-order valence-corrected chi connectivity index (χ4v) is 2.87. The number of allylic oxidation sites excluding steroid dienone is 1. The van der Waals surface area contributed by atoms with Crippen molar-refractivity contribution in [2.24, 2.45) is 5.92 Å². The molecule has 5 heteroatoms. The van der Waals surface area contributed by atoms with Gasteiger partial charge in [0.25, 0.3) is 0 Å². The van der Waals surface area contributed by atoms with E-state index in [-0.39, 0.29) is 5.97 Å². The maximum atomic E-state index is 12.4. The fourth-order valence-electron chi connectivity index (χ4n) is 2.87. The lowest BCUT2D eigenvalue weighted by molar-refractivity contribution is 0.0447. The third kappa shape index (κ3) is 8.96. The van der Waals surface area contributed by atoms with Crippen molar-refractivity contribution < 1.29 is 23.8 Å². The van der Waals surface area contributed by atoms with Crippen LogP contribution in [0.2, 0.25) is 0 Å². The molecule has 172 valence electrons. The van der Waals surface area contributed by atoms with E-state index in [2.05, 4.69) is 13.5 Å². The number of carbonyl (C=O) groups is 2. The highest BCUT2D eigenvalue weighted by Gasteiger charge is 2.12. The minimum Gasteiger partial charge on any atom is -0.494 e. The van der Waals surface area contributed by atoms with Gasteiger partial charge in [-0.05, 0) is 73.7 Å². The van der Waals surface area contributed by atoms with Gasteiger partial charge in [-0.25, -0.2) is 9.59 Å². The summed E-state index contributed by atoms with van der Waals surface area (Å²) in [5, 5.41) is 0. The summed E-state index contributed by atoms with van der Waals surface area (Å²) in [6, 6.07) is 13.3. The molecule has 2 aromatic carbocycles. The predicted octanol–water partition coefficient (Wildman–Crippen LogP) is 6.62. The first-order chi connectivity index (χ1) is 15.5. The van der Waals surface area contributed by atoms with Gasteiger partial charge in [0.15, 0.2) is 0 Å². The van der Waals surface area contributed by atoms with Gasteiger partial charge in [0.1, 0.15) is 11.5 Å². The third-order valence-electron chi connectivity index (χ3n) is 5.16. The zero-order valence-corrected chi connectivity index (χ0v) is 19.2. The number of hydrogen-bond acceptors (Lipinski definition) is 5. The van der Waals surface area contributed by atoms with Gasteiger partial charge in [-0.2, -0.15) is 0 Å². The van der Waals surface area contributed by atoms with Gasteiger partial charge in [0.2, 0.25) is 0 Å². The van der Waals surface area contributed by atoms with Crippen molar-refractivity contribution in [1.29, 1.82) is 0 Å². The minimum absolute atomic E-state index is 0.323. The lowest BCUT2D eigenvalue weighted by Gasteiger charge is -2.10. The molecule has 5 nitrogen and oxygen atoms in total. The van der Waals surface area contributed by atoms with Crippen molar-refractivity contribution in [3.05, 3.63) is 72.3 Å². The summed E-state index contributed by atoms with van der Waals surface area (Å²) in [5.41, 5.74) is 0.856. The Morgan fingerprint density at radius 1 is 0.875 bits per heavy atom. The molecule has 0 aliphatic heterocycles. The van der Waals surface area contributed by atoms with Gasteiger partial charge in [-0.1, -0.05) is 39.2 Å². The van der Waals surface area contributed by atoms with E-state index >= 15 is 0 Å². The summed E-state index contributed by atoms with van der Waals surface area (Å²) < 4.78 is 16.4. The maximum Gasteiger partial charge on any atom is 0.343 e. The Labute approximate surface area is 191 Å². The normalized spacial score (nSPS) is 11.4. The number of esters is 2. The molecular weight excluding hydrogens is 404 g/mol. The molecule has 0 heterocycles. The maximum absolute atomic E-state index is 12.4. The zero-order chi connectivity index (χ0) is 23.2. The molecule has 2 rings (SSSR count). The zero-order valence-electron chi connectivity index (χ0n) is 19.2. The second-order valence-corrected chi connectivity index (χ2v) is 7.89. The number of hydrogen-bond donors (Lipinski definition) is 0. The predicted molar refractivity (Wildman–Crippen MR) is 126 cm³/mol. The van der Waals surface area contributed by atoms with E-state index in [1.54, 1.807) is 48.5 Å². The summed E-state index contributed by atoms with van der Waals surface area (Å²) in [7, 11) is 0. The molecule has 0 fully saturated rings. The van der Waals surface area contributed by atoms with E-state index < -0.39 is 5.97 Å². The summed E-state index contributed by atoms with van der Waals surface area (Å²) in [6.07, 6.45) is 8.45. The van der Waals surface area contributed by atoms with Crippen molar-refractivity contribution in [2.75, 3.05) is 13.2 Å². The van der Waals surface area contributed by atoms with Gasteiger partial charge >= 0.3 is 11.9 Å². The molecule has 0 saturated heterocycles. The van der Waals surface area contributed by atoms with Crippen LogP contribution >= 0.6 is 0 Å². The van der Waals surface area contributed by atoms with E-state index in [0.717, 1.165) is 31.4 Å². The quantitative estimate of drug-likeness (QED) is 0.143. The Morgan fingerprint density at radius 3 is 2.09 bits per heavy atom. The van der Waals surface area contributed by atoms with Crippen molar-refractivity contribution >= 4 is 11.9 Å². The molecule has 0 amide bonds. The smallest absolute Gasteiger partial charge is 0.343 e. The van der Waals surface area contributed by atoms with Crippen LogP contribution in [0.4, 0.5) is 0 Å². The van der Waals surface area contributed by atoms with Gasteiger partial charge in [0, 0.05) is 0 Å². The number of benzene rings is 2. The molecule has 0 N–H and O–H groups in total. The largest absolute Gasteiger partial charge is 0.494 e. The van der Waals surface area contributed by atoms with Crippen LogP contribution in [0, 0.1) is 5.92 Å². The second kappa shape index (κ2) is 14.1. The molecule has 0 radical (unpaired) electrons. The summed E-state index contributed by atoms with van der Waals surface area (Å²) in [5.74, 6) is 0.572. The molecular formula is C27H34O5. The van der Waals surface area contributed by atoms with Crippen molar-refractivity contribution in [1.82, 2.24) is 0 Å². The van der Waals surface area contributed by atoms with Gasteiger partial charge in [0.05, 0.1) is 24.3 Å². The molecule has 0 saturated carbocycles. The lowest BCUT2D eigenvalue weighted by atomic mass is 10.1. The van der Waals surface area contributed by atoms with Crippen LogP contribution in [0.3, 0.4) is 0 Å². The molecule has 0 unspecified atom stereocenters. The Kier molecular flexibility index (Phi) is 11.1. The number of unbranched alkanes of at least 4 members (excludes halogenated alkanes) is 4. The minimum atomic E-state index is -0.467. The van der Waals surface area contributed by atoms with Crippen LogP contribution in [0.1, 0.15) is 73.1 Å². The number of carbonyl (C=O) groups excluding carboxylic acids is 2. The molecule has 32 heavy (non-hydrogen) atoms. The van der Waals surface area contributed by atoms with Crippen molar-refractivity contribution in [3.63, 3.8) is 0 Å². The average molecular weight is 439 g/mol. The first-order valence-corrected chi connectivity index (χ1v) is 11.4. The fraction of sp³-hybridized carbons (Fsp3) is 0.407. The highest BCUT2D eigenvalue weighted by molar-refractivity contribution is 5.92. The highest BCUT2D eigenvalue weighted by atomic mass is 16.5. The molecule has 1 atom stereocenters. The highest BCUT2D eigenvalue weighted by Crippen LogP contribution is 2.18. The first-order valence-electron chi connectivity index (χ1n) is 11.4. The van der Waals surface area contributed by atoms with Gasteiger partial charge < -0.3 is 14.2 Å². The van der Waals surface area contributed by atoms with Gasteiger partial charge in [-0.3, -0.25) is 0 Å². The Hall–Kier alpha value is -3.08. The van der Waals surface area contributed by atoms with Crippen LogP contribution in [0.5, 0.6) is 11.5 Å². The Balaban J connectivity index is 1.77. The van der Waals surface area contributed by atoms with Crippen molar-refractivity contribution in [3.8, 4) is 11.5 Å². The Bertz CT molecular complexity index is 839. The van der Waals surface area contributed by atoms with E-state index in [4.69, 9.17) is 14.2 Å². The topological polar surface area (TPSA) is 61.8 Å². The second-order valence-electron chi connectivity index (χ2n) is 7.89. The first kappa shape index (κ1) is 25.2. The lowest BCUT2D eigenvalue weighted by Crippen LogP contribution is -2.12. The molecule has 0 aliphatic rings. The number of rotatable bonds is 14. The summed E-state index contributed by atoms with van der Waals surface area (Å²) in [6.45, 7) is 8.85. The van der Waals surface area contributed by atoms with E-state index in [1.807, 2.05) is 13.0 Å². The molecule has 0 aromatic heterocycles. The van der Waals surface area contributed by atoms with E-state index in [0.29, 0.717) is 36.0 Å². The van der Waals surface area contributed by atoms with Crippen LogP contribution in [-0.2, 0) is 4.74 Å². The van der Waals surface area contributed by atoms with Crippen molar-refractivity contribution in [2.45, 2.75) is 52.4 Å². The average Bonchev–Trinajstić information content (AvgIpc) is 2.82. The standard InChI is InChI=1S/C27H34O5/c1-4-6-7-8-9-10-19-30-24-15-11-23(12-16-24)27(29)32-25-17-13-22(14-18-25)26(28)31-20-21(3)5-2/h4,11-18,21H,1,5-10,19-20H2,2-3H3/t21-/m0/s1. The van der Waals surface area contributed by atoms with E-state index in [1.165, 1.54) is 12.8 Å². The Morgan fingerprint density at radius 2 is 1.47 bits per heavy atom. The van der Waals surface area contributed by atoms with Crippen LogP contribution in [0.25, 0.3) is 0 Å². The summed E-state index contributed by atoms with van der Waals surface area (Å²) in [4.78, 5) is 24.4. The molecule has 0 bridgehead atoms. The van der Waals surface area contributed by atoms with Crippen LogP contribution < -0.4 is 9.47 Å². The third-order valence-corrected chi connectivity index (χ3v) is 5.16. The number of ether oxygens (including phenoxy) is 3. The summed E-state index contributed by atoms with van der Waals surface area (Å²) >= 11 is 0. The van der Waals surface area contributed by atoms with Crippen LogP contribution in [0.15, 0.2) is 61.2 Å². The molecule has 0 aliphatic carbocycles. The van der Waals surface area contributed by atoms with Gasteiger partial charge in [-0.15, -0.1) is 6.58 Å². The molecule has 0 spiro atoms. The molecule has 2 aromatic rings.